The van der Waals surface area contributed by atoms with Crippen LogP contribution in [0.15, 0.2) is 102 Å². The fraction of sp³-hybridized carbons (Fsp3) is 0.188. The standard InChI is InChI=1S/C32H27F2N5O3S/c1-37-11-9-24-21(17-43(2,41)42)13-20-16-39(27-8-5-22(33)14-26(27)34)31-25(15-36-30(28(20)31)29(24)32(37)40)19-3-6-23(7-4-19)38-12-10-35-18-38/h3-14,16,18,25,31,36H,15,17H2,1-2H3. The lowest BCUT2D eigenvalue weighted by Gasteiger charge is -2.39. The van der Waals surface area contributed by atoms with E-state index in [2.05, 4.69) is 10.3 Å². The van der Waals surface area contributed by atoms with Crippen molar-refractivity contribution in [2.45, 2.75) is 12.0 Å². The average Bonchev–Trinajstić information content (AvgIpc) is 3.60. The first kappa shape index (κ1) is 27.1. The van der Waals surface area contributed by atoms with Crippen molar-refractivity contribution in [3.05, 3.63) is 136 Å². The largest absolute Gasteiger partial charge is 0.383 e. The van der Waals surface area contributed by atoms with E-state index < -0.39 is 27.5 Å². The second kappa shape index (κ2) is 9.91. The number of hydrogen-bond donors (Lipinski definition) is 1. The molecule has 2 unspecified atom stereocenters. The summed E-state index contributed by atoms with van der Waals surface area (Å²) in [6, 6.07) is 12.7. The Balaban J connectivity index is 1.45. The molecule has 11 heteroatoms. The topological polar surface area (TPSA) is 89.2 Å². The van der Waals surface area contributed by atoms with Gasteiger partial charge in [-0.1, -0.05) is 12.1 Å². The van der Waals surface area contributed by atoms with Gasteiger partial charge in [-0.2, -0.15) is 0 Å². The van der Waals surface area contributed by atoms with E-state index >= 15 is 4.39 Å². The van der Waals surface area contributed by atoms with Gasteiger partial charge in [0, 0.05) is 67.9 Å². The summed E-state index contributed by atoms with van der Waals surface area (Å²) in [5.41, 5.74) is 5.19. The van der Waals surface area contributed by atoms with Crippen LogP contribution in [0.4, 0.5) is 14.5 Å². The summed E-state index contributed by atoms with van der Waals surface area (Å²) in [6.07, 6.45) is 11.6. The summed E-state index contributed by atoms with van der Waals surface area (Å²) in [5.74, 6) is -1.90. The quantitative estimate of drug-likeness (QED) is 0.371. The third-order valence-corrected chi connectivity index (χ3v) is 9.09. The van der Waals surface area contributed by atoms with Crippen LogP contribution in [-0.4, -0.2) is 47.1 Å². The van der Waals surface area contributed by atoms with Gasteiger partial charge in [0.25, 0.3) is 5.56 Å². The van der Waals surface area contributed by atoms with Gasteiger partial charge in [0.2, 0.25) is 0 Å². The van der Waals surface area contributed by atoms with Crippen molar-refractivity contribution in [2.75, 3.05) is 23.5 Å². The first-order chi connectivity index (χ1) is 20.6. The number of aryl methyl sites for hydroxylation is 1. The number of halogens is 2. The maximum atomic E-state index is 15.4. The Kier molecular flexibility index (Phi) is 6.24. The minimum atomic E-state index is -3.48. The predicted octanol–water partition coefficient (Wildman–Crippen LogP) is 4.16. The highest BCUT2D eigenvalue weighted by Gasteiger charge is 2.44. The van der Waals surface area contributed by atoms with E-state index in [4.69, 9.17) is 0 Å². The van der Waals surface area contributed by atoms with Crippen LogP contribution >= 0.6 is 0 Å². The number of aromatic nitrogens is 3. The molecule has 2 aromatic carbocycles. The summed E-state index contributed by atoms with van der Waals surface area (Å²) in [7, 11) is -1.83. The summed E-state index contributed by atoms with van der Waals surface area (Å²) in [6.45, 7) is 0.410. The molecule has 0 amide bonds. The third-order valence-electron chi connectivity index (χ3n) is 8.26. The predicted molar refractivity (Wildman–Crippen MR) is 161 cm³/mol. The molecule has 8 nitrogen and oxygen atoms in total. The van der Waals surface area contributed by atoms with Gasteiger partial charge >= 0.3 is 0 Å². The van der Waals surface area contributed by atoms with Gasteiger partial charge in [-0.25, -0.2) is 22.2 Å². The highest BCUT2D eigenvalue weighted by molar-refractivity contribution is 7.91. The van der Waals surface area contributed by atoms with Gasteiger partial charge in [0.05, 0.1) is 35.1 Å². The number of benzene rings is 2. The van der Waals surface area contributed by atoms with Crippen molar-refractivity contribution in [3.8, 4) is 5.69 Å². The molecule has 2 aliphatic heterocycles. The monoisotopic (exact) mass is 599 g/mol. The molecule has 4 heterocycles. The smallest absolute Gasteiger partial charge is 0.260 e. The Hall–Kier alpha value is -4.77. The van der Waals surface area contributed by atoms with Gasteiger partial charge in [-0.05, 0) is 58.7 Å². The minimum absolute atomic E-state index is 0.181. The lowest BCUT2D eigenvalue weighted by atomic mass is 9.81. The molecule has 3 aliphatic rings. The number of pyridine rings is 1. The SMILES string of the molecule is Cn1ccc2c(c1=O)C1=C3C(=CN(c4ccc(F)cc4F)C3C(c3ccc(-n4ccnc4)cc3)CN1)C=C2CS(C)(=O)=O. The molecular weight excluding hydrogens is 572 g/mol. The third kappa shape index (κ3) is 4.60. The molecule has 7 rings (SSSR count). The molecule has 1 aliphatic carbocycles. The zero-order valence-electron chi connectivity index (χ0n) is 23.3. The highest BCUT2D eigenvalue weighted by Crippen LogP contribution is 2.48. The minimum Gasteiger partial charge on any atom is -0.383 e. The van der Waals surface area contributed by atoms with E-state index in [1.54, 1.807) is 49.0 Å². The first-order valence-electron chi connectivity index (χ1n) is 13.7. The molecule has 0 spiro atoms. The van der Waals surface area contributed by atoms with Crippen LogP contribution in [0.25, 0.3) is 17.0 Å². The second-order valence-electron chi connectivity index (χ2n) is 11.1. The van der Waals surface area contributed by atoms with E-state index in [0.717, 1.165) is 29.1 Å². The molecule has 0 saturated heterocycles. The molecule has 0 fully saturated rings. The zero-order valence-corrected chi connectivity index (χ0v) is 24.1. The van der Waals surface area contributed by atoms with Crippen molar-refractivity contribution in [1.82, 2.24) is 19.4 Å². The normalized spacial score (nSPS) is 19.3. The maximum Gasteiger partial charge on any atom is 0.260 e. The number of imidazole rings is 1. The summed E-state index contributed by atoms with van der Waals surface area (Å²) >= 11 is 0. The Morgan fingerprint density at radius 2 is 1.86 bits per heavy atom. The molecule has 2 atom stereocenters. The fourth-order valence-electron chi connectivity index (χ4n) is 6.37. The van der Waals surface area contributed by atoms with E-state index in [9.17, 15) is 17.6 Å². The molecule has 218 valence electrons. The molecule has 1 N–H and O–H groups in total. The number of fused-ring (bicyclic) bond motifs is 2. The number of rotatable bonds is 5. The number of sulfone groups is 1. The van der Waals surface area contributed by atoms with Crippen LogP contribution in [-0.2, 0) is 16.9 Å². The molecule has 43 heavy (non-hydrogen) atoms. The number of nitrogens with zero attached hydrogens (tertiary/aromatic N) is 4. The number of allylic oxidation sites excluding steroid dienone is 1. The van der Waals surface area contributed by atoms with Crippen LogP contribution in [0, 0.1) is 11.6 Å². The van der Waals surface area contributed by atoms with Gasteiger partial charge < -0.3 is 19.4 Å². The van der Waals surface area contributed by atoms with Crippen LogP contribution < -0.4 is 15.8 Å². The highest BCUT2D eigenvalue weighted by atomic mass is 32.2. The Bertz CT molecular complexity index is 2050. The zero-order chi connectivity index (χ0) is 30.0. The van der Waals surface area contributed by atoms with Crippen molar-refractivity contribution >= 4 is 26.8 Å². The van der Waals surface area contributed by atoms with Gasteiger partial charge in [0.1, 0.15) is 11.6 Å². The first-order valence-corrected chi connectivity index (χ1v) is 15.8. The summed E-state index contributed by atoms with van der Waals surface area (Å²) < 4.78 is 57.8. The molecule has 0 bridgehead atoms. The number of nitrogens with one attached hydrogen (secondary N) is 1. The van der Waals surface area contributed by atoms with E-state index in [1.807, 2.05) is 35.0 Å². The van der Waals surface area contributed by atoms with Gasteiger partial charge in [-0.3, -0.25) is 4.79 Å². The molecule has 2 aromatic heterocycles. The Morgan fingerprint density at radius 1 is 1.07 bits per heavy atom. The fourth-order valence-corrected chi connectivity index (χ4v) is 7.18. The van der Waals surface area contributed by atoms with Crippen molar-refractivity contribution in [1.29, 1.82) is 0 Å². The van der Waals surface area contributed by atoms with Crippen molar-refractivity contribution < 1.29 is 17.2 Å². The van der Waals surface area contributed by atoms with Crippen LogP contribution in [0.1, 0.15) is 22.6 Å². The Labute approximate surface area is 246 Å². The Morgan fingerprint density at radius 3 is 2.56 bits per heavy atom. The molecular formula is C32H27F2N5O3S. The lowest BCUT2D eigenvalue weighted by molar-refractivity contribution is 0.536. The summed E-state index contributed by atoms with van der Waals surface area (Å²) in [5, 5.41) is 3.50. The second-order valence-corrected chi connectivity index (χ2v) is 13.3. The van der Waals surface area contributed by atoms with Crippen LogP contribution in [0.2, 0.25) is 0 Å². The summed E-state index contributed by atoms with van der Waals surface area (Å²) in [4.78, 5) is 19.6. The molecule has 4 aromatic rings. The van der Waals surface area contributed by atoms with Crippen molar-refractivity contribution in [3.63, 3.8) is 0 Å². The number of anilines is 1. The van der Waals surface area contributed by atoms with Gasteiger partial charge in [0.15, 0.2) is 9.84 Å². The molecule has 0 radical (unpaired) electrons. The van der Waals surface area contributed by atoms with E-state index in [-0.39, 0.29) is 22.9 Å². The number of hydrogen-bond acceptors (Lipinski definition) is 6. The maximum absolute atomic E-state index is 15.4. The molecule has 0 saturated carbocycles. The lowest BCUT2D eigenvalue weighted by Crippen LogP contribution is -2.44. The van der Waals surface area contributed by atoms with Crippen molar-refractivity contribution in [2.24, 2.45) is 7.05 Å². The van der Waals surface area contributed by atoms with Gasteiger partial charge in [-0.15, -0.1) is 0 Å². The van der Waals surface area contributed by atoms with Crippen LogP contribution in [0.5, 0.6) is 0 Å². The van der Waals surface area contributed by atoms with E-state index in [0.29, 0.717) is 34.5 Å². The van der Waals surface area contributed by atoms with Crippen LogP contribution in [0.3, 0.4) is 0 Å². The van der Waals surface area contributed by atoms with E-state index in [1.165, 1.54) is 16.7 Å². The average molecular weight is 600 g/mol.